The molecule has 4 amide bonds. The maximum atomic E-state index is 13.3. The molecule has 3 rings (SSSR count). The van der Waals surface area contributed by atoms with Crippen molar-refractivity contribution in [1.29, 1.82) is 0 Å². The minimum atomic E-state index is -0.983. The third-order valence-corrected chi connectivity index (χ3v) is 5.35. The number of rotatable bonds is 5. The third-order valence-electron chi connectivity index (χ3n) is 5.35. The first-order chi connectivity index (χ1) is 13.9. The van der Waals surface area contributed by atoms with E-state index in [0.29, 0.717) is 11.3 Å². The second-order valence-corrected chi connectivity index (χ2v) is 7.30. The van der Waals surface area contributed by atoms with Crippen LogP contribution in [0.5, 0.6) is 0 Å². The summed E-state index contributed by atoms with van der Waals surface area (Å²) in [5.74, 6) is -0.974. The molecule has 4 N–H and O–H groups in total. The van der Waals surface area contributed by atoms with Crippen molar-refractivity contribution in [3.63, 3.8) is 0 Å². The van der Waals surface area contributed by atoms with Crippen LogP contribution >= 0.6 is 0 Å². The number of nitrogens with zero attached hydrogens (tertiary/aromatic N) is 1. The van der Waals surface area contributed by atoms with Crippen molar-refractivity contribution in [1.82, 2.24) is 10.2 Å². The fourth-order valence-corrected chi connectivity index (χ4v) is 3.57. The summed E-state index contributed by atoms with van der Waals surface area (Å²) in [6.45, 7) is 4.15. The second kappa shape index (κ2) is 8.77. The van der Waals surface area contributed by atoms with E-state index in [2.05, 4.69) is 10.6 Å². The molecule has 1 heterocycles. The molecule has 7 nitrogen and oxygen atoms in total. The Morgan fingerprint density at radius 1 is 1.17 bits per heavy atom. The molecule has 0 radical (unpaired) electrons. The van der Waals surface area contributed by atoms with Crippen molar-refractivity contribution in [3.05, 3.63) is 65.7 Å². The molecular weight excluding hydrogens is 368 g/mol. The Bertz CT molecular complexity index is 900. The molecule has 2 aromatic rings. The molecule has 3 unspecified atom stereocenters. The molecule has 0 spiro atoms. The Hall–Kier alpha value is -3.35. The minimum Gasteiger partial charge on any atom is -0.368 e. The molecule has 1 aliphatic heterocycles. The highest BCUT2D eigenvalue weighted by Crippen LogP contribution is 2.27. The summed E-state index contributed by atoms with van der Waals surface area (Å²) in [7, 11) is 0. The predicted molar refractivity (Wildman–Crippen MR) is 111 cm³/mol. The molecule has 0 saturated carbocycles. The van der Waals surface area contributed by atoms with E-state index in [1.807, 2.05) is 44.2 Å². The topological polar surface area (TPSA) is 105 Å². The summed E-state index contributed by atoms with van der Waals surface area (Å²) < 4.78 is 0. The molecule has 0 aromatic heterocycles. The van der Waals surface area contributed by atoms with Gasteiger partial charge in [-0.05, 0) is 23.1 Å². The van der Waals surface area contributed by atoms with Crippen LogP contribution in [0.25, 0.3) is 0 Å². The largest absolute Gasteiger partial charge is 0.368 e. The molecule has 3 atom stereocenters. The number of nitrogens with two attached hydrogens (primary N) is 1. The number of hydrogen-bond donors (Lipinski definition) is 3. The van der Waals surface area contributed by atoms with Gasteiger partial charge in [0.1, 0.15) is 12.1 Å². The number of urea groups is 1. The zero-order valence-electron chi connectivity index (χ0n) is 16.6. The lowest BCUT2D eigenvalue weighted by atomic mass is 9.97. The highest BCUT2D eigenvalue weighted by Gasteiger charge is 2.37. The maximum Gasteiger partial charge on any atom is 0.319 e. The zero-order valence-corrected chi connectivity index (χ0v) is 16.6. The first kappa shape index (κ1) is 20.4. The Kier molecular flexibility index (Phi) is 6.16. The zero-order chi connectivity index (χ0) is 21.0. The number of nitrogens with one attached hydrogen (secondary N) is 2. The van der Waals surface area contributed by atoms with E-state index in [1.54, 1.807) is 24.3 Å². The summed E-state index contributed by atoms with van der Waals surface area (Å²) in [5.41, 5.74) is 7.66. The van der Waals surface area contributed by atoms with Gasteiger partial charge in [-0.1, -0.05) is 68.8 Å². The van der Waals surface area contributed by atoms with Crippen LogP contribution in [0.1, 0.15) is 37.4 Å². The highest BCUT2D eigenvalue weighted by atomic mass is 16.2. The Morgan fingerprint density at radius 2 is 1.83 bits per heavy atom. The van der Waals surface area contributed by atoms with Crippen molar-refractivity contribution in [2.24, 2.45) is 11.7 Å². The molecule has 0 bridgehead atoms. The van der Waals surface area contributed by atoms with Gasteiger partial charge in [0.05, 0.1) is 6.54 Å². The molecule has 1 aliphatic rings. The van der Waals surface area contributed by atoms with E-state index < -0.39 is 24.0 Å². The maximum absolute atomic E-state index is 13.3. The average Bonchev–Trinajstić information content (AvgIpc) is 2.87. The van der Waals surface area contributed by atoms with Crippen LogP contribution in [-0.4, -0.2) is 28.8 Å². The Labute approximate surface area is 170 Å². The molecule has 7 heteroatoms. The number of primary amides is 1. The summed E-state index contributed by atoms with van der Waals surface area (Å²) in [6, 6.07) is 14.1. The fourth-order valence-electron chi connectivity index (χ4n) is 3.57. The van der Waals surface area contributed by atoms with Gasteiger partial charge in [-0.2, -0.15) is 0 Å². The van der Waals surface area contributed by atoms with Gasteiger partial charge in [0.15, 0.2) is 0 Å². The van der Waals surface area contributed by atoms with Crippen molar-refractivity contribution < 1.29 is 14.4 Å². The van der Waals surface area contributed by atoms with Gasteiger partial charge >= 0.3 is 6.03 Å². The Morgan fingerprint density at radius 3 is 2.48 bits per heavy atom. The van der Waals surface area contributed by atoms with Gasteiger partial charge in [-0.15, -0.1) is 0 Å². The van der Waals surface area contributed by atoms with Crippen LogP contribution in [-0.2, 0) is 16.1 Å². The number of carbonyl (C=O) groups excluding carboxylic acids is 3. The molecule has 0 fully saturated rings. The molecule has 0 aliphatic carbocycles. The Balaban J connectivity index is 1.94. The van der Waals surface area contributed by atoms with Crippen molar-refractivity contribution >= 4 is 23.5 Å². The SMILES string of the molecule is CCC(C)C1C(=O)Nc2ccccc2CN1C(=O)NC(C(N)=O)c1ccccc1. The van der Waals surface area contributed by atoms with Crippen molar-refractivity contribution in [2.75, 3.05) is 5.32 Å². The quantitative estimate of drug-likeness (QED) is 0.726. The summed E-state index contributed by atoms with van der Waals surface area (Å²) >= 11 is 0. The average molecular weight is 394 g/mol. The van der Waals surface area contributed by atoms with Crippen LogP contribution < -0.4 is 16.4 Å². The summed E-state index contributed by atoms with van der Waals surface area (Å²) in [6.07, 6.45) is 0.718. The number of amides is 4. The standard InChI is InChI=1S/C22H26N4O3/c1-3-14(2)19-21(28)24-17-12-8-7-11-16(17)13-26(19)22(29)25-18(20(23)27)15-9-5-4-6-10-15/h4-12,14,18-19H,3,13H2,1-2H3,(H2,23,27)(H,24,28)(H,25,29). The third kappa shape index (κ3) is 4.39. The van der Waals surface area contributed by atoms with Gasteiger partial charge in [-0.25, -0.2) is 4.79 Å². The normalized spacial score (nSPS) is 18.1. The van der Waals surface area contributed by atoms with E-state index in [-0.39, 0.29) is 18.4 Å². The van der Waals surface area contributed by atoms with E-state index >= 15 is 0 Å². The van der Waals surface area contributed by atoms with Crippen LogP contribution in [0.2, 0.25) is 0 Å². The number of hydrogen-bond acceptors (Lipinski definition) is 3. The van der Waals surface area contributed by atoms with Crippen LogP contribution in [0.3, 0.4) is 0 Å². The molecule has 29 heavy (non-hydrogen) atoms. The van der Waals surface area contributed by atoms with Gasteiger partial charge < -0.3 is 21.3 Å². The molecular formula is C22H26N4O3. The number of carbonyl (C=O) groups is 3. The van der Waals surface area contributed by atoms with E-state index in [9.17, 15) is 14.4 Å². The lowest BCUT2D eigenvalue weighted by Gasteiger charge is -2.33. The minimum absolute atomic E-state index is 0.0705. The lowest BCUT2D eigenvalue weighted by molar-refractivity contribution is -0.121. The number of fused-ring (bicyclic) bond motifs is 1. The molecule has 2 aromatic carbocycles. The smallest absolute Gasteiger partial charge is 0.319 e. The van der Waals surface area contributed by atoms with E-state index in [0.717, 1.165) is 12.0 Å². The fraction of sp³-hybridized carbons (Fsp3) is 0.318. The predicted octanol–water partition coefficient (Wildman–Crippen LogP) is 2.79. The van der Waals surface area contributed by atoms with E-state index in [4.69, 9.17) is 5.73 Å². The van der Waals surface area contributed by atoms with E-state index in [1.165, 1.54) is 4.90 Å². The number of para-hydroxylation sites is 1. The molecule has 152 valence electrons. The van der Waals surface area contributed by atoms with Crippen LogP contribution in [0, 0.1) is 5.92 Å². The van der Waals surface area contributed by atoms with Gasteiger partial charge in [-0.3, -0.25) is 9.59 Å². The first-order valence-electron chi connectivity index (χ1n) is 9.72. The lowest BCUT2D eigenvalue weighted by Crippen LogP contribution is -2.53. The monoisotopic (exact) mass is 394 g/mol. The van der Waals surface area contributed by atoms with Crippen LogP contribution in [0.15, 0.2) is 54.6 Å². The van der Waals surface area contributed by atoms with Crippen LogP contribution in [0.4, 0.5) is 10.5 Å². The number of benzene rings is 2. The second-order valence-electron chi connectivity index (χ2n) is 7.30. The van der Waals surface area contributed by atoms with Gasteiger partial charge in [0, 0.05) is 5.69 Å². The van der Waals surface area contributed by atoms with Gasteiger partial charge in [0.2, 0.25) is 11.8 Å². The summed E-state index contributed by atoms with van der Waals surface area (Å²) in [5, 5.41) is 5.65. The summed E-state index contributed by atoms with van der Waals surface area (Å²) in [4.78, 5) is 39.7. The van der Waals surface area contributed by atoms with Gasteiger partial charge in [0.25, 0.3) is 0 Å². The molecule has 0 saturated heterocycles. The van der Waals surface area contributed by atoms with Crippen molar-refractivity contribution in [2.45, 2.75) is 38.9 Å². The highest BCUT2D eigenvalue weighted by molar-refractivity contribution is 5.99. The van der Waals surface area contributed by atoms with Crippen molar-refractivity contribution in [3.8, 4) is 0 Å². The number of anilines is 1. The first-order valence-corrected chi connectivity index (χ1v) is 9.72.